The molecule has 0 saturated heterocycles. The average Bonchev–Trinajstić information content (AvgIpc) is 2.19. The van der Waals surface area contributed by atoms with Gasteiger partial charge in [-0.3, -0.25) is 4.79 Å². The number of benzene rings is 1. The van der Waals surface area contributed by atoms with Gasteiger partial charge < -0.3 is 5.32 Å². The number of carbonyl (C=O) groups excluding carboxylic acids is 1. The fraction of sp³-hybridized carbons (Fsp3) is 0. The quantitative estimate of drug-likeness (QED) is 0.530. The van der Waals surface area contributed by atoms with Crippen molar-refractivity contribution in [2.45, 2.75) is 0 Å². The second kappa shape index (κ2) is 4.13. The minimum Gasteiger partial charge on any atom is -0.323 e. The molecule has 1 N–H and O–H groups in total. The van der Waals surface area contributed by atoms with Crippen LogP contribution in [-0.2, 0) is 4.79 Å². The van der Waals surface area contributed by atoms with Gasteiger partial charge in [0.2, 0.25) is 5.91 Å². The zero-order chi connectivity index (χ0) is 9.68. The Labute approximate surface area is 77.3 Å². The summed E-state index contributed by atoms with van der Waals surface area (Å²) in [4.78, 5) is 10.9. The Morgan fingerprint density at radius 3 is 2.92 bits per heavy atom. The van der Waals surface area contributed by atoms with Gasteiger partial charge in [0.15, 0.2) is 0 Å². The van der Waals surface area contributed by atoms with E-state index in [-0.39, 0.29) is 5.91 Å². The molecular formula is C11H8NO. The number of nitrogens with one attached hydrogen (secondary N) is 1. The summed E-state index contributed by atoms with van der Waals surface area (Å²) in [6.45, 7) is 3.34. The molecule has 0 bridgehead atoms. The molecule has 0 unspecified atom stereocenters. The molecule has 1 amide bonds. The van der Waals surface area contributed by atoms with Crippen LogP contribution in [0.25, 0.3) is 0 Å². The molecule has 0 aliphatic heterocycles. The molecule has 1 aromatic rings. The average molecular weight is 170 g/mol. The van der Waals surface area contributed by atoms with Gasteiger partial charge in [-0.25, -0.2) is 0 Å². The summed E-state index contributed by atoms with van der Waals surface area (Å²) >= 11 is 0. The van der Waals surface area contributed by atoms with Gasteiger partial charge in [-0.15, -0.1) is 6.42 Å². The lowest BCUT2D eigenvalue weighted by atomic mass is 10.2. The van der Waals surface area contributed by atoms with Crippen LogP contribution in [0.3, 0.4) is 0 Å². The molecule has 1 rings (SSSR count). The third-order valence-electron chi connectivity index (χ3n) is 1.42. The van der Waals surface area contributed by atoms with Crippen LogP contribution in [-0.4, -0.2) is 5.91 Å². The van der Waals surface area contributed by atoms with Crippen LogP contribution in [0.1, 0.15) is 5.56 Å². The van der Waals surface area contributed by atoms with Gasteiger partial charge in [0.25, 0.3) is 0 Å². The van der Waals surface area contributed by atoms with Gasteiger partial charge in [0.1, 0.15) is 0 Å². The van der Waals surface area contributed by atoms with Crippen LogP contribution in [0.4, 0.5) is 5.69 Å². The highest BCUT2D eigenvalue weighted by molar-refractivity contribution is 5.98. The van der Waals surface area contributed by atoms with Crippen molar-refractivity contribution in [1.29, 1.82) is 0 Å². The van der Waals surface area contributed by atoms with Crippen LogP contribution >= 0.6 is 0 Å². The zero-order valence-corrected chi connectivity index (χ0v) is 7.00. The van der Waals surface area contributed by atoms with E-state index in [2.05, 4.69) is 23.9 Å². The largest absolute Gasteiger partial charge is 0.323 e. The summed E-state index contributed by atoms with van der Waals surface area (Å²) in [5.41, 5.74) is 1.32. The highest BCUT2D eigenvalue weighted by Gasteiger charge is 1.95. The molecular weight excluding hydrogens is 162 g/mol. The van der Waals surface area contributed by atoms with Gasteiger partial charge in [-0.05, 0) is 24.3 Å². The Kier molecular flexibility index (Phi) is 2.88. The molecule has 2 nitrogen and oxygen atoms in total. The minimum absolute atomic E-state index is 0.248. The van der Waals surface area contributed by atoms with Gasteiger partial charge in [0.05, 0.1) is 0 Å². The first-order valence-electron chi connectivity index (χ1n) is 3.68. The fourth-order valence-corrected chi connectivity index (χ4v) is 0.786. The van der Waals surface area contributed by atoms with Crippen molar-refractivity contribution in [3.63, 3.8) is 0 Å². The van der Waals surface area contributed by atoms with E-state index in [9.17, 15) is 4.79 Å². The SMILES string of the molecule is C#Cc1[c]cc(NC(=O)C=C)cc1. The van der Waals surface area contributed by atoms with Crippen molar-refractivity contribution in [1.82, 2.24) is 0 Å². The highest BCUT2D eigenvalue weighted by atomic mass is 16.1. The number of carbonyl (C=O) groups is 1. The standard InChI is InChI=1S/C11H8NO/c1-3-9-5-7-10(8-6-9)12-11(13)4-2/h1,4-5,7-8H,2H2,(H,12,13). The normalized spacial score (nSPS) is 8.54. The number of rotatable bonds is 2. The summed E-state index contributed by atoms with van der Waals surface area (Å²) in [6, 6.07) is 7.88. The Balaban J connectivity index is 2.76. The van der Waals surface area contributed by atoms with Crippen LogP contribution in [0, 0.1) is 18.4 Å². The van der Waals surface area contributed by atoms with Crippen molar-refractivity contribution in [2.24, 2.45) is 0 Å². The number of anilines is 1. The van der Waals surface area contributed by atoms with Crippen molar-refractivity contribution < 1.29 is 4.79 Å². The van der Waals surface area contributed by atoms with Crippen LogP contribution in [0.2, 0.25) is 0 Å². The molecule has 0 aliphatic carbocycles. The summed E-state index contributed by atoms with van der Waals surface area (Å²) < 4.78 is 0. The third kappa shape index (κ3) is 2.49. The topological polar surface area (TPSA) is 29.1 Å². The van der Waals surface area contributed by atoms with E-state index >= 15 is 0 Å². The molecule has 13 heavy (non-hydrogen) atoms. The second-order valence-electron chi connectivity index (χ2n) is 2.33. The van der Waals surface area contributed by atoms with Crippen LogP contribution in [0.5, 0.6) is 0 Å². The van der Waals surface area contributed by atoms with Crippen molar-refractivity contribution in [2.75, 3.05) is 5.32 Å². The number of terminal acetylenes is 1. The molecule has 63 valence electrons. The van der Waals surface area contributed by atoms with E-state index in [1.165, 1.54) is 6.08 Å². The number of amides is 1. The molecule has 0 heterocycles. The summed E-state index contributed by atoms with van der Waals surface area (Å²) in [7, 11) is 0. The van der Waals surface area contributed by atoms with E-state index < -0.39 is 0 Å². The molecule has 0 fully saturated rings. The maximum absolute atomic E-state index is 10.9. The molecule has 1 aromatic carbocycles. The van der Waals surface area contributed by atoms with Crippen LogP contribution in [0.15, 0.2) is 30.9 Å². The molecule has 0 saturated carbocycles. The Hall–Kier alpha value is -2.01. The first kappa shape index (κ1) is 9.08. The van der Waals surface area contributed by atoms with E-state index in [1.807, 2.05) is 0 Å². The van der Waals surface area contributed by atoms with E-state index in [0.29, 0.717) is 11.3 Å². The molecule has 0 aromatic heterocycles. The van der Waals surface area contributed by atoms with Gasteiger partial charge in [-0.1, -0.05) is 12.5 Å². The van der Waals surface area contributed by atoms with Gasteiger partial charge in [0, 0.05) is 17.3 Å². The first-order chi connectivity index (χ1) is 6.26. The van der Waals surface area contributed by atoms with Gasteiger partial charge in [-0.2, -0.15) is 0 Å². The van der Waals surface area contributed by atoms with E-state index in [0.717, 1.165) is 0 Å². The zero-order valence-electron chi connectivity index (χ0n) is 7.00. The second-order valence-corrected chi connectivity index (χ2v) is 2.33. The third-order valence-corrected chi connectivity index (χ3v) is 1.42. The predicted octanol–water partition coefficient (Wildman–Crippen LogP) is 1.59. The van der Waals surface area contributed by atoms with Crippen molar-refractivity contribution in [3.05, 3.63) is 42.5 Å². The van der Waals surface area contributed by atoms with Gasteiger partial charge >= 0.3 is 0 Å². The summed E-state index contributed by atoms with van der Waals surface area (Å²) in [5, 5.41) is 2.59. The predicted molar refractivity (Wildman–Crippen MR) is 52.0 cm³/mol. The monoisotopic (exact) mass is 170 g/mol. The van der Waals surface area contributed by atoms with E-state index in [4.69, 9.17) is 6.42 Å². The lowest BCUT2D eigenvalue weighted by molar-refractivity contribution is -0.111. The molecule has 0 atom stereocenters. The Morgan fingerprint density at radius 2 is 2.46 bits per heavy atom. The summed E-state index contributed by atoms with van der Waals surface area (Å²) in [5.74, 6) is 2.18. The minimum atomic E-state index is -0.248. The Bertz CT molecular complexity index is 357. The Morgan fingerprint density at radius 1 is 1.69 bits per heavy atom. The van der Waals surface area contributed by atoms with Crippen molar-refractivity contribution in [3.8, 4) is 12.3 Å². The first-order valence-corrected chi connectivity index (χ1v) is 3.68. The van der Waals surface area contributed by atoms with Crippen LogP contribution < -0.4 is 5.32 Å². The molecule has 0 spiro atoms. The lowest BCUT2D eigenvalue weighted by Crippen LogP contribution is -2.06. The van der Waals surface area contributed by atoms with E-state index in [1.54, 1.807) is 18.2 Å². The molecule has 1 radical (unpaired) electrons. The lowest BCUT2D eigenvalue weighted by Gasteiger charge is -2.00. The maximum atomic E-state index is 10.9. The smallest absolute Gasteiger partial charge is 0.247 e. The summed E-state index contributed by atoms with van der Waals surface area (Å²) in [6.07, 6.45) is 6.35. The molecule has 0 aliphatic rings. The highest BCUT2D eigenvalue weighted by Crippen LogP contribution is 2.07. The fourth-order valence-electron chi connectivity index (χ4n) is 0.786. The number of hydrogen-bond donors (Lipinski definition) is 1. The van der Waals surface area contributed by atoms with Crippen molar-refractivity contribution >= 4 is 11.6 Å². The molecule has 2 heteroatoms. The maximum Gasteiger partial charge on any atom is 0.247 e. The number of hydrogen-bond acceptors (Lipinski definition) is 1.